The summed E-state index contributed by atoms with van der Waals surface area (Å²) in [6.45, 7) is 6.43. The van der Waals surface area contributed by atoms with E-state index in [-0.39, 0.29) is 17.8 Å². The average Bonchev–Trinajstić information content (AvgIpc) is 2.38. The molecule has 0 saturated carbocycles. The van der Waals surface area contributed by atoms with Crippen molar-refractivity contribution in [3.05, 3.63) is 33.8 Å². The van der Waals surface area contributed by atoms with Crippen molar-refractivity contribution < 1.29 is 14.3 Å². The number of hydrogen-bond donors (Lipinski definition) is 0. The first-order chi connectivity index (χ1) is 9.29. The first kappa shape index (κ1) is 16.8. The molecule has 1 aromatic carbocycles. The normalized spacial score (nSPS) is 11.7. The topological polar surface area (TPSA) is 35.5 Å². The Morgan fingerprint density at radius 3 is 2.45 bits per heavy atom. The highest BCUT2D eigenvalue weighted by Crippen LogP contribution is 2.36. The summed E-state index contributed by atoms with van der Waals surface area (Å²) in [5.74, 6) is 0.592. The third-order valence-electron chi connectivity index (χ3n) is 2.94. The maximum Gasteiger partial charge on any atom is 0.309 e. The Morgan fingerprint density at radius 2 is 1.95 bits per heavy atom. The number of carbonyl (C=O) groups excluding carboxylic acids is 1. The number of hydrogen-bond acceptors (Lipinski definition) is 3. The monoisotopic (exact) mass is 340 g/mol. The molecule has 0 amide bonds. The molecule has 4 heteroatoms. The first-order valence-corrected chi connectivity index (χ1v) is 7.20. The maximum atomic E-state index is 11.1. The molecule has 0 aliphatic heterocycles. The number of methoxy groups -OCH3 is 2. The van der Waals surface area contributed by atoms with Gasteiger partial charge in [-0.25, -0.2) is 0 Å². The van der Waals surface area contributed by atoms with E-state index in [1.54, 1.807) is 13.2 Å². The lowest BCUT2D eigenvalue weighted by atomic mass is 9.85. The lowest BCUT2D eigenvalue weighted by Gasteiger charge is -2.23. The van der Waals surface area contributed by atoms with E-state index in [1.165, 1.54) is 7.11 Å². The van der Waals surface area contributed by atoms with Crippen LogP contribution in [0.2, 0.25) is 0 Å². The van der Waals surface area contributed by atoms with Gasteiger partial charge in [-0.3, -0.25) is 4.79 Å². The quantitative estimate of drug-likeness (QED) is 0.765. The lowest BCUT2D eigenvalue weighted by molar-refractivity contribution is -0.139. The zero-order valence-electron chi connectivity index (χ0n) is 12.6. The fraction of sp³-hybridized carbons (Fsp3) is 0.438. The summed E-state index contributed by atoms with van der Waals surface area (Å²) in [5, 5.41) is 0. The number of ether oxygens (including phenoxy) is 2. The van der Waals surface area contributed by atoms with E-state index < -0.39 is 0 Å². The molecule has 0 aliphatic carbocycles. The van der Waals surface area contributed by atoms with E-state index in [2.05, 4.69) is 47.5 Å². The van der Waals surface area contributed by atoms with Crippen LogP contribution in [0.1, 0.15) is 38.3 Å². The van der Waals surface area contributed by atoms with Gasteiger partial charge in [0.15, 0.2) is 0 Å². The minimum absolute atomic E-state index is 0.00211. The molecule has 0 fully saturated rings. The molecule has 0 atom stereocenters. The van der Waals surface area contributed by atoms with Crippen LogP contribution in [0.3, 0.4) is 0 Å². The summed E-state index contributed by atoms with van der Waals surface area (Å²) in [6.07, 6.45) is 3.92. The van der Waals surface area contributed by atoms with Crippen LogP contribution < -0.4 is 4.74 Å². The van der Waals surface area contributed by atoms with Crippen molar-refractivity contribution in [2.45, 2.75) is 32.6 Å². The molecular weight excluding hydrogens is 320 g/mol. The smallest absolute Gasteiger partial charge is 0.309 e. The minimum atomic E-state index is -0.254. The highest BCUT2D eigenvalue weighted by molar-refractivity contribution is 9.10. The number of rotatable bonds is 4. The molecule has 3 nitrogen and oxygen atoms in total. The third-order valence-corrected chi connectivity index (χ3v) is 3.62. The Hall–Kier alpha value is -1.29. The number of carbonyl (C=O) groups is 1. The van der Waals surface area contributed by atoms with Crippen LogP contribution in [0.4, 0.5) is 0 Å². The van der Waals surface area contributed by atoms with Crippen LogP contribution in [-0.4, -0.2) is 20.2 Å². The summed E-state index contributed by atoms with van der Waals surface area (Å²) >= 11 is 3.56. The van der Waals surface area contributed by atoms with Crippen molar-refractivity contribution in [1.29, 1.82) is 0 Å². The highest BCUT2D eigenvalue weighted by atomic mass is 79.9. The lowest BCUT2D eigenvalue weighted by Crippen LogP contribution is -2.13. The van der Waals surface area contributed by atoms with Crippen LogP contribution in [0, 0.1) is 0 Å². The van der Waals surface area contributed by atoms with Gasteiger partial charge < -0.3 is 9.47 Å². The van der Waals surface area contributed by atoms with E-state index >= 15 is 0 Å². The van der Waals surface area contributed by atoms with E-state index in [4.69, 9.17) is 4.74 Å². The minimum Gasteiger partial charge on any atom is -0.496 e. The molecule has 1 aromatic rings. The van der Waals surface area contributed by atoms with Gasteiger partial charge in [0.25, 0.3) is 0 Å². The fourth-order valence-electron chi connectivity index (χ4n) is 1.82. The van der Waals surface area contributed by atoms with Crippen molar-refractivity contribution in [1.82, 2.24) is 0 Å². The van der Waals surface area contributed by atoms with Gasteiger partial charge >= 0.3 is 5.97 Å². The second kappa shape index (κ2) is 6.93. The Bertz CT molecular complexity index is 513. The summed E-state index contributed by atoms with van der Waals surface area (Å²) in [7, 11) is 3.05. The number of esters is 1. The molecule has 0 unspecified atom stereocenters. The molecule has 0 spiro atoms. The van der Waals surface area contributed by atoms with Gasteiger partial charge in [-0.15, -0.1) is 0 Å². The van der Waals surface area contributed by atoms with Gasteiger partial charge in [-0.1, -0.05) is 48.9 Å². The number of benzene rings is 1. The molecule has 0 aliphatic rings. The van der Waals surface area contributed by atoms with Crippen LogP contribution >= 0.6 is 15.9 Å². The molecule has 0 radical (unpaired) electrons. The SMILES string of the molecule is COC(=O)C/C=C/c1cc(OC)c(C(C)(C)C)cc1Br. The average molecular weight is 341 g/mol. The standard InChI is InChI=1S/C16H21BrO3/c1-16(2,3)12-10-13(17)11(9-14(12)19-4)7-6-8-15(18)20-5/h6-7,9-10H,8H2,1-5H3/b7-6+. The zero-order chi connectivity index (χ0) is 15.3. The summed E-state index contributed by atoms with van der Waals surface area (Å²) in [4.78, 5) is 11.1. The molecule has 110 valence electrons. The molecule has 1 rings (SSSR count). The van der Waals surface area contributed by atoms with Gasteiger partial charge in [0, 0.05) is 10.0 Å². The summed E-state index contributed by atoms with van der Waals surface area (Å²) < 4.78 is 11.0. The van der Waals surface area contributed by atoms with Gasteiger partial charge in [0.2, 0.25) is 0 Å². The molecule has 0 N–H and O–H groups in total. The second-order valence-electron chi connectivity index (χ2n) is 5.51. The maximum absolute atomic E-state index is 11.1. The molecule has 0 heterocycles. The summed E-state index contributed by atoms with van der Waals surface area (Å²) in [6, 6.07) is 4.04. The zero-order valence-corrected chi connectivity index (χ0v) is 14.2. The fourth-order valence-corrected chi connectivity index (χ4v) is 2.29. The van der Waals surface area contributed by atoms with Gasteiger partial charge in [-0.2, -0.15) is 0 Å². The van der Waals surface area contributed by atoms with Gasteiger partial charge in [0.1, 0.15) is 5.75 Å². The van der Waals surface area contributed by atoms with Crippen molar-refractivity contribution in [3.63, 3.8) is 0 Å². The van der Waals surface area contributed by atoms with E-state index in [1.807, 2.05) is 12.1 Å². The Morgan fingerprint density at radius 1 is 1.30 bits per heavy atom. The molecular formula is C16H21BrO3. The number of halogens is 1. The largest absolute Gasteiger partial charge is 0.496 e. The first-order valence-electron chi connectivity index (χ1n) is 6.41. The summed E-state index contributed by atoms with van der Waals surface area (Å²) in [5.41, 5.74) is 2.11. The van der Waals surface area contributed by atoms with Crippen molar-refractivity contribution in [2.24, 2.45) is 0 Å². The van der Waals surface area contributed by atoms with E-state index in [0.717, 1.165) is 21.3 Å². The Kier molecular flexibility index (Phi) is 5.81. The molecule has 0 bridgehead atoms. The van der Waals surface area contributed by atoms with E-state index in [0.29, 0.717) is 0 Å². The van der Waals surface area contributed by atoms with Crippen LogP contribution in [0.15, 0.2) is 22.7 Å². The molecule has 0 saturated heterocycles. The van der Waals surface area contributed by atoms with Gasteiger partial charge in [-0.05, 0) is 23.1 Å². The second-order valence-corrected chi connectivity index (χ2v) is 6.36. The molecule has 20 heavy (non-hydrogen) atoms. The van der Waals surface area contributed by atoms with Crippen LogP contribution in [0.5, 0.6) is 5.75 Å². The van der Waals surface area contributed by atoms with Crippen LogP contribution in [0.25, 0.3) is 6.08 Å². The predicted molar refractivity (Wildman–Crippen MR) is 85.1 cm³/mol. The van der Waals surface area contributed by atoms with Crippen molar-refractivity contribution in [3.8, 4) is 5.75 Å². The highest BCUT2D eigenvalue weighted by Gasteiger charge is 2.20. The third kappa shape index (κ3) is 4.37. The Labute approximate surface area is 129 Å². The van der Waals surface area contributed by atoms with E-state index in [9.17, 15) is 4.79 Å². The van der Waals surface area contributed by atoms with Crippen molar-refractivity contribution in [2.75, 3.05) is 14.2 Å². The Balaban J connectivity index is 3.09. The van der Waals surface area contributed by atoms with Gasteiger partial charge in [0.05, 0.1) is 20.6 Å². The molecule has 0 aromatic heterocycles. The van der Waals surface area contributed by atoms with Crippen LogP contribution in [-0.2, 0) is 14.9 Å². The van der Waals surface area contributed by atoms with Crippen molar-refractivity contribution >= 4 is 28.0 Å². The predicted octanol–water partition coefficient (Wildman–Crippen LogP) is 4.33.